The van der Waals surface area contributed by atoms with Crippen molar-refractivity contribution in [3.63, 3.8) is 0 Å². The summed E-state index contributed by atoms with van der Waals surface area (Å²) >= 11 is 15.3. The number of rotatable bonds is 0. The summed E-state index contributed by atoms with van der Waals surface area (Å²) in [6.45, 7) is 0. The van der Waals surface area contributed by atoms with Crippen LogP contribution in [0, 0.1) is 0 Å². The van der Waals surface area contributed by atoms with Crippen molar-refractivity contribution in [1.29, 1.82) is 0 Å². The van der Waals surface area contributed by atoms with E-state index in [1.54, 1.807) is 0 Å². The highest BCUT2D eigenvalue weighted by molar-refractivity contribution is 9.25. The van der Waals surface area contributed by atoms with E-state index >= 15 is 0 Å². The third-order valence-corrected chi connectivity index (χ3v) is 3.92. The molecular formula is C6HBr3ClN3O. The standard InChI is InChI=1S/C6HBr3ClN3O/c7-2-1-3(13-5(10)11-2)12-4(14)6(1,8)9/h(H,11,12,13,14). The molecule has 0 saturated heterocycles. The molecule has 0 aliphatic carbocycles. The van der Waals surface area contributed by atoms with E-state index in [1.165, 1.54) is 0 Å². The van der Waals surface area contributed by atoms with Crippen molar-refractivity contribution in [1.82, 2.24) is 9.97 Å². The van der Waals surface area contributed by atoms with Crippen LogP contribution in [0.15, 0.2) is 4.60 Å². The monoisotopic (exact) mass is 403 g/mol. The van der Waals surface area contributed by atoms with Crippen LogP contribution in [0.4, 0.5) is 5.82 Å². The average Bonchev–Trinajstić information content (AvgIpc) is 2.21. The van der Waals surface area contributed by atoms with Gasteiger partial charge in [-0.3, -0.25) is 4.79 Å². The lowest BCUT2D eigenvalue weighted by Gasteiger charge is -2.10. The number of amides is 1. The van der Waals surface area contributed by atoms with Gasteiger partial charge in [-0.1, -0.05) is 31.9 Å². The van der Waals surface area contributed by atoms with Crippen molar-refractivity contribution in [3.8, 4) is 0 Å². The number of fused-ring (bicyclic) bond motifs is 1. The van der Waals surface area contributed by atoms with Gasteiger partial charge < -0.3 is 5.32 Å². The zero-order valence-corrected chi connectivity index (χ0v) is 11.8. The Kier molecular flexibility index (Phi) is 2.62. The Bertz CT molecular complexity index is 437. The second kappa shape index (κ2) is 3.40. The lowest BCUT2D eigenvalue weighted by Crippen LogP contribution is -2.20. The fourth-order valence-corrected chi connectivity index (χ4v) is 3.48. The second-order valence-electron chi connectivity index (χ2n) is 2.54. The first kappa shape index (κ1) is 10.8. The maximum atomic E-state index is 11.5. The molecule has 2 rings (SSSR count). The minimum absolute atomic E-state index is 0.0774. The van der Waals surface area contributed by atoms with Gasteiger partial charge in [0.2, 0.25) is 5.28 Å². The van der Waals surface area contributed by atoms with E-state index in [-0.39, 0.29) is 11.2 Å². The summed E-state index contributed by atoms with van der Waals surface area (Å²) < 4.78 is -0.515. The molecule has 1 aliphatic rings. The first-order chi connectivity index (χ1) is 6.43. The fourth-order valence-electron chi connectivity index (χ4n) is 1.08. The maximum Gasteiger partial charge on any atom is 0.258 e. The van der Waals surface area contributed by atoms with E-state index in [2.05, 4.69) is 63.1 Å². The molecule has 14 heavy (non-hydrogen) atoms. The molecular weight excluding hydrogens is 405 g/mol. The van der Waals surface area contributed by atoms with Crippen molar-refractivity contribution < 1.29 is 4.79 Å². The molecule has 2 heterocycles. The van der Waals surface area contributed by atoms with Gasteiger partial charge >= 0.3 is 0 Å². The molecule has 74 valence electrons. The number of hydrogen-bond donors (Lipinski definition) is 1. The topological polar surface area (TPSA) is 54.9 Å². The summed E-state index contributed by atoms with van der Waals surface area (Å²) in [5.41, 5.74) is 0.590. The third kappa shape index (κ3) is 1.50. The molecule has 1 amide bonds. The highest BCUT2D eigenvalue weighted by Crippen LogP contribution is 2.49. The Balaban J connectivity index is 2.71. The van der Waals surface area contributed by atoms with Crippen LogP contribution >= 0.6 is 59.4 Å². The minimum atomic E-state index is -0.987. The highest BCUT2D eigenvalue weighted by Gasteiger charge is 2.46. The van der Waals surface area contributed by atoms with Gasteiger partial charge in [-0.2, -0.15) is 4.98 Å². The van der Waals surface area contributed by atoms with Gasteiger partial charge in [-0.25, -0.2) is 4.98 Å². The molecule has 0 unspecified atom stereocenters. The van der Waals surface area contributed by atoms with Crippen LogP contribution in [-0.2, 0) is 8.03 Å². The van der Waals surface area contributed by atoms with E-state index in [0.717, 1.165) is 0 Å². The number of halogens is 4. The predicted molar refractivity (Wildman–Crippen MR) is 62.9 cm³/mol. The summed E-state index contributed by atoms with van der Waals surface area (Å²) in [5.74, 6) is 0.139. The third-order valence-electron chi connectivity index (χ3n) is 1.67. The molecule has 0 bridgehead atoms. The van der Waals surface area contributed by atoms with Gasteiger partial charge in [0, 0.05) is 0 Å². The molecule has 1 aromatic heterocycles. The van der Waals surface area contributed by atoms with Gasteiger partial charge in [0.25, 0.3) is 5.91 Å². The lowest BCUT2D eigenvalue weighted by atomic mass is 10.3. The Morgan fingerprint density at radius 3 is 2.64 bits per heavy atom. The number of nitrogens with zero attached hydrogens (tertiary/aromatic N) is 2. The van der Waals surface area contributed by atoms with Gasteiger partial charge in [0.1, 0.15) is 10.4 Å². The Morgan fingerprint density at radius 2 is 2.00 bits per heavy atom. The van der Waals surface area contributed by atoms with E-state index < -0.39 is 3.23 Å². The molecule has 0 spiro atoms. The largest absolute Gasteiger partial charge is 0.308 e. The lowest BCUT2D eigenvalue weighted by molar-refractivity contribution is -0.115. The molecule has 0 saturated carbocycles. The van der Waals surface area contributed by atoms with E-state index in [0.29, 0.717) is 16.0 Å². The van der Waals surface area contributed by atoms with Crippen molar-refractivity contribution in [2.24, 2.45) is 0 Å². The number of aromatic nitrogens is 2. The molecule has 8 heteroatoms. The van der Waals surface area contributed by atoms with Crippen LogP contribution in [0.5, 0.6) is 0 Å². The highest BCUT2D eigenvalue weighted by atomic mass is 79.9. The molecule has 0 radical (unpaired) electrons. The minimum Gasteiger partial charge on any atom is -0.308 e. The number of hydrogen-bond acceptors (Lipinski definition) is 3. The molecule has 0 aromatic carbocycles. The molecule has 1 N–H and O–H groups in total. The van der Waals surface area contributed by atoms with Crippen molar-refractivity contribution in [2.45, 2.75) is 3.23 Å². The van der Waals surface area contributed by atoms with Crippen LogP contribution in [0.2, 0.25) is 5.28 Å². The normalized spacial score (nSPS) is 17.9. The Hall–Kier alpha value is 0.280. The number of carbonyl (C=O) groups excluding carboxylic acids is 1. The zero-order chi connectivity index (χ0) is 10.5. The van der Waals surface area contributed by atoms with Gasteiger partial charge in [-0.15, -0.1) is 0 Å². The van der Waals surface area contributed by atoms with Crippen LogP contribution < -0.4 is 5.32 Å². The predicted octanol–water partition coefficient (Wildman–Crippen LogP) is 2.79. The summed E-state index contributed by atoms with van der Waals surface area (Å²) in [4.78, 5) is 19.3. The molecule has 1 aromatic rings. The Labute approximate surface area is 109 Å². The summed E-state index contributed by atoms with van der Waals surface area (Å²) in [6, 6.07) is 0. The van der Waals surface area contributed by atoms with Crippen molar-refractivity contribution in [3.05, 3.63) is 15.5 Å². The Morgan fingerprint density at radius 1 is 1.36 bits per heavy atom. The number of anilines is 1. The van der Waals surface area contributed by atoms with Crippen LogP contribution in [0.3, 0.4) is 0 Å². The molecule has 1 aliphatic heterocycles. The summed E-state index contributed by atoms with van der Waals surface area (Å²) in [7, 11) is 0. The number of carbonyl (C=O) groups is 1. The molecule has 0 fully saturated rings. The fraction of sp³-hybridized carbons (Fsp3) is 0.167. The maximum absolute atomic E-state index is 11.5. The van der Waals surface area contributed by atoms with Gasteiger partial charge in [0.05, 0.1) is 5.56 Å². The smallest absolute Gasteiger partial charge is 0.258 e. The van der Waals surface area contributed by atoms with Crippen LogP contribution in [-0.4, -0.2) is 15.9 Å². The molecule has 0 atom stereocenters. The quantitative estimate of drug-likeness (QED) is 0.410. The van der Waals surface area contributed by atoms with E-state index in [4.69, 9.17) is 11.6 Å². The van der Waals surface area contributed by atoms with Crippen molar-refractivity contribution >= 4 is 71.1 Å². The zero-order valence-electron chi connectivity index (χ0n) is 6.31. The van der Waals surface area contributed by atoms with Crippen LogP contribution in [0.25, 0.3) is 0 Å². The average molecular weight is 406 g/mol. The van der Waals surface area contributed by atoms with E-state index in [9.17, 15) is 4.79 Å². The first-order valence-corrected chi connectivity index (χ1v) is 6.11. The second-order valence-corrected chi connectivity index (χ2v) is 7.07. The SMILES string of the molecule is O=C1Nc2nc(Cl)nc(Br)c2C1(Br)Br. The number of alkyl halides is 2. The van der Waals surface area contributed by atoms with Gasteiger partial charge in [-0.05, 0) is 27.5 Å². The van der Waals surface area contributed by atoms with Crippen molar-refractivity contribution in [2.75, 3.05) is 5.32 Å². The molecule has 4 nitrogen and oxygen atoms in total. The first-order valence-electron chi connectivity index (χ1n) is 3.35. The summed E-state index contributed by atoms with van der Waals surface area (Å²) in [6.07, 6.45) is 0. The van der Waals surface area contributed by atoms with Gasteiger partial charge in [0.15, 0.2) is 3.23 Å². The van der Waals surface area contributed by atoms with E-state index in [1.807, 2.05) is 0 Å². The van der Waals surface area contributed by atoms with Crippen LogP contribution in [0.1, 0.15) is 5.56 Å². The number of nitrogens with one attached hydrogen (secondary N) is 1. The summed E-state index contributed by atoms with van der Waals surface area (Å²) in [5, 5.41) is 2.65.